The van der Waals surface area contributed by atoms with Gasteiger partial charge in [-0.2, -0.15) is 0 Å². The van der Waals surface area contributed by atoms with Crippen molar-refractivity contribution in [1.82, 2.24) is 0 Å². The van der Waals surface area contributed by atoms with Crippen LogP contribution in [0.3, 0.4) is 0 Å². The molecule has 1 aliphatic carbocycles. The Kier molecular flexibility index (Phi) is 2.91. The number of alkyl halides is 1. The minimum atomic E-state index is 0.383. The standard InChI is InChI=1S/C14H15ClS/c15-12-5-1-4-11(9-12)13-6-2-3-10-7-8-16-14(10)13/h2-3,6-8,11-12H,1,4-5,9H2. The van der Waals surface area contributed by atoms with Crippen LogP contribution >= 0.6 is 22.9 Å². The molecule has 0 amide bonds. The van der Waals surface area contributed by atoms with E-state index in [1.54, 1.807) is 0 Å². The predicted molar refractivity (Wildman–Crippen MR) is 72.7 cm³/mol. The largest absolute Gasteiger partial charge is 0.144 e. The zero-order valence-corrected chi connectivity index (χ0v) is 10.7. The van der Waals surface area contributed by atoms with Gasteiger partial charge in [-0.05, 0) is 47.6 Å². The quantitative estimate of drug-likeness (QED) is 0.613. The molecule has 0 saturated heterocycles. The molecule has 0 bridgehead atoms. The number of hydrogen-bond acceptors (Lipinski definition) is 1. The van der Waals surface area contributed by atoms with Crippen molar-refractivity contribution in [3.8, 4) is 0 Å². The molecule has 0 radical (unpaired) electrons. The molecule has 84 valence electrons. The summed E-state index contributed by atoms with van der Waals surface area (Å²) in [5, 5.41) is 3.96. The Balaban J connectivity index is 2.01. The first-order valence-electron chi connectivity index (χ1n) is 5.95. The normalized spacial score (nSPS) is 26.1. The summed E-state index contributed by atoms with van der Waals surface area (Å²) >= 11 is 8.16. The molecule has 3 rings (SSSR count). The molecule has 0 N–H and O–H groups in total. The maximum atomic E-state index is 6.29. The van der Waals surface area contributed by atoms with Gasteiger partial charge in [-0.15, -0.1) is 22.9 Å². The first-order valence-corrected chi connectivity index (χ1v) is 7.26. The first-order chi connectivity index (χ1) is 7.84. The number of halogens is 1. The molecule has 1 aromatic carbocycles. The number of fused-ring (bicyclic) bond motifs is 1. The molecular formula is C14H15ClS. The molecule has 2 atom stereocenters. The lowest BCUT2D eigenvalue weighted by molar-refractivity contribution is 0.452. The van der Waals surface area contributed by atoms with E-state index in [1.165, 1.54) is 34.9 Å². The van der Waals surface area contributed by atoms with E-state index in [2.05, 4.69) is 29.6 Å². The van der Waals surface area contributed by atoms with Crippen molar-refractivity contribution in [1.29, 1.82) is 0 Å². The summed E-state index contributed by atoms with van der Waals surface area (Å²) in [6.45, 7) is 0. The van der Waals surface area contributed by atoms with Gasteiger partial charge >= 0.3 is 0 Å². The third-order valence-electron chi connectivity index (χ3n) is 3.56. The van der Waals surface area contributed by atoms with Crippen molar-refractivity contribution < 1.29 is 0 Å². The average molecular weight is 251 g/mol. The Morgan fingerprint density at radius 3 is 3.00 bits per heavy atom. The van der Waals surface area contributed by atoms with E-state index in [-0.39, 0.29) is 0 Å². The lowest BCUT2D eigenvalue weighted by Crippen LogP contribution is -2.13. The minimum Gasteiger partial charge on any atom is -0.144 e. The highest BCUT2D eigenvalue weighted by Crippen LogP contribution is 2.39. The second-order valence-corrected chi connectivity index (χ2v) is 6.18. The van der Waals surface area contributed by atoms with E-state index in [0.29, 0.717) is 11.3 Å². The summed E-state index contributed by atoms with van der Waals surface area (Å²) in [6, 6.07) is 8.89. The van der Waals surface area contributed by atoms with Gasteiger partial charge in [0.1, 0.15) is 0 Å². The Labute approximate surface area is 105 Å². The number of rotatable bonds is 1. The molecule has 1 heterocycles. The molecule has 16 heavy (non-hydrogen) atoms. The van der Waals surface area contributed by atoms with Gasteiger partial charge in [0, 0.05) is 10.1 Å². The van der Waals surface area contributed by atoms with Crippen LogP contribution < -0.4 is 0 Å². The van der Waals surface area contributed by atoms with Gasteiger partial charge in [0.15, 0.2) is 0 Å². The van der Waals surface area contributed by atoms with E-state index in [9.17, 15) is 0 Å². The highest BCUT2D eigenvalue weighted by Gasteiger charge is 2.23. The van der Waals surface area contributed by atoms with Crippen LogP contribution in [0.15, 0.2) is 29.6 Å². The molecule has 1 fully saturated rings. The fourth-order valence-electron chi connectivity index (χ4n) is 2.75. The lowest BCUT2D eigenvalue weighted by atomic mass is 9.83. The number of hydrogen-bond donors (Lipinski definition) is 0. The summed E-state index contributed by atoms with van der Waals surface area (Å²) in [4.78, 5) is 0. The van der Waals surface area contributed by atoms with Crippen LogP contribution in [0.4, 0.5) is 0 Å². The maximum Gasteiger partial charge on any atom is 0.0377 e. The van der Waals surface area contributed by atoms with Crippen LogP contribution in [-0.4, -0.2) is 5.38 Å². The lowest BCUT2D eigenvalue weighted by Gasteiger charge is -2.26. The molecule has 1 saturated carbocycles. The molecule has 0 spiro atoms. The highest BCUT2D eigenvalue weighted by atomic mass is 35.5. The van der Waals surface area contributed by atoms with E-state index in [4.69, 9.17) is 11.6 Å². The highest BCUT2D eigenvalue weighted by molar-refractivity contribution is 7.17. The molecule has 0 nitrogen and oxygen atoms in total. The van der Waals surface area contributed by atoms with Gasteiger partial charge in [0.05, 0.1) is 0 Å². The van der Waals surface area contributed by atoms with Gasteiger partial charge in [-0.25, -0.2) is 0 Å². The van der Waals surface area contributed by atoms with E-state index >= 15 is 0 Å². The number of thiophene rings is 1. The van der Waals surface area contributed by atoms with E-state index in [0.717, 1.165) is 6.42 Å². The summed E-state index contributed by atoms with van der Waals surface area (Å²) in [5.74, 6) is 0.679. The van der Waals surface area contributed by atoms with Crippen molar-refractivity contribution >= 4 is 33.0 Å². The first kappa shape index (κ1) is 10.6. The van der Waals surface area contributed by atoms with Crippen molar-refractivity contribution in [2.45, 2.75) is 37.0 Å². The predicted octanol–water partition coefficient (Wildman–Crippen LogP) is 5.17. The van der Waals surface area contributed by atoms with Crippen LogP contribution in [0, 0.1) is 0 Å². The van der Waals surface area contributed by atoms with Gasteiger partial charge in [0.25, 0.3) is 0 Å². The monoisotopic (exact) mass is 250 g/mol. The van der Waals surface area contributed by atoms with Crippen LogP contribution in [-0.2, 0) is 0 Å². The fourth-order valence-corrected chi connectivity index (χ4v) is 4.11. The Hall–Kier alpha value is -0.530. The topological polar surface area (TPSA) is 0 Å². The Morgan fingerprint density at radius 2 is 2.12 bits per heavy atom. The second-order valence-electron chi connectivity index (χ2n) is 4.65. The van der Waals surface area contributed by atoms with Crippen LogP contribution in [0.25, 0.3) is 10.1 Å². The van der Waals surface area contributed by atoms with Gasteiger partial charge < -0.3 is 0 Å². The molecule has 2 aromatic rings. The van der Waals surface area contributed by atoms with E-state index < -0.39 is 0 Å². The third kappa shape index (κ3) is 1.87. The van der Waals surface area contributed by atoms with Gasteiger partial charge in [0.2, 0.25) is 0 Å². The minimum absolute atomic E-state index is 0.383. The zero-order chi connectivity index (χ0) is 11.0. The van der Waals surface area contributed by atoms with Crippen molar-refractivity contribution in [2.75, 3.05) is 0 Å². The SMILES string of the molecule is ClC1CCCC(c2cccc3ccsc23)C1. The smallest absolute Gasteiger partial charge is 0.0377 e. The molecule has 2 heteroatoms. The van der Waals surface area contributed by atoms with Crippen LogP contribution in [0.1, 0.15) is 37.2 Å². The summed E-state index contributed by atoms with van der Waals surface area (Å²) in [6.07, 6.45) is 4.93. The molecule has 0 aliphatic heterocycles. The van der Waals surface area contributed by atoms with Crippen molar-refractivity contribution in [2.24, 2.45) is 0 Å². The maximum absolute atomic E-state index is 6.29. The summed E-state index contributed by atoms with van der Waals surface area (Å²) < 4.78 is 1.47. The summed E-state index contributed by atoms with van der Waals surface area (Å²) in [7, 11) is 0. The Bertz CT molecular complexity index is 488. The molecule has 1 aliphatic rings. The average Bonchev–Trinajstić information content (AvgIpc) is 2.76. The number of benzene rings is 1. The van der Waals surface area contributed by atoms with Crippen LogP contribution in [0.2, 0.25) is 0 Å². The fraction of sp³-hybridized carbons (Fsp3) is 0.429. The van der Waals surface area contributed by atoms with Crippen LogP contribution in [0.5, 0.6) is 0 Å². The Morgan fingerprint density at radius 1 is 1.19 bits per heavy atom. The summed E-state index contributed by atoms with van der Waals surface area (Å²) in [5.41, 5.74) is 1.53. The van der Waals surface area contributed by atoms with Crippen molar-refractivity contribution in [3.63, 3.8) is 0 Å². The molecule has 2 unspecified atom stereocenters. The molecular weight excluding hydrogens is 236 g/mol. The third-order valence-corrected chi connectivity index (χ3v) is 4.94. The molecule has 1 aromatic heterocycles. The van der Waals surface area contributed by atoms with Gasteiger partial charge in [-0.1, -0.05) is 24.6 Å². The second kappa shape index (κ2) is 4.38. The zero-order valence-electron chi connectivity index (χ0n) is 9.16. The van der Waals surface area contributed by atoms with E-state index in [1.807, 2.05) is 11.3 Å². The van der Waals surface area contributed by atoms with Gasteiger partial charge in [-0.3, -0.25) is 0 Å². The van der Waals surface area contributed by atoms with Crippen molar-refractivity contribution in [3.05, 3.63) is 35.2 Å².